The molecular weight excluding hydrogens is 621 g/mol. The Hall–Kier alpha value is -3.84. The summed E-state index contributed by atoms with van der Waals surface area (Å²) < 4.78 is 56.8. The summed E-state index contributed by atoms with van der Waals surface area (Å²) >= 11 is 1.51. The average molecular weight is 655 g/mol. The molecule has 0 spiro atoms. The Bertz CT molecular complexity index is 1820. The molecule has 242 valence electrons. The molecule has 4 bridgehead atoms. The molecule has 0 amide bonds. The molecule has 6 heterocycles. The van der Waals surface area contributed by atoms with Crippen LogP contribution in [0, 0.1) is 5.92 Å². The topological polar surface area (TPSA) is 101 Å². The first-order valence-electron chi connectivity index (χ1n) is 15.7. The van der Waals surface area contributed by atoms with Crippen LogP contribution in [0.4, 0.5) is 18.3 Å². The van der Waals surface area contributed by atoms with E-state index < -0.39 is 12.3 Å². The number of hydrogen-bond acceptors (Lipinski definition) is 9. The van der Waals surface area contributed by atoms with Gasteiger partial charge in [-0.3, -0.25) is 4.90 Å². The van der Waals surface area contributed by atoms with E-state index in [2.05, 4.69) is 26.6 Å². The number of anilines is 1. The molecule has 3 unspecified atom stereocenters. The van der Waals surface area contributed by atoms with Gasteiger partial charge in [-0.25, -0.2) is 9.78 Å². The molecule has 2 aromatic heterocycles. The van der Waals surface area contributed by atoms with Gasteiger partial charge in [0, 0.05) is 53.7 Å². The highest BCUT2D eigenvalue weighted by atomic mass is 32.1. The van der Waals surface area contributed by atoms with Crippen molar-refractivity contribution in [2.24, 2.45) is 5.92 Å². The summed E-state index contributed by atoms with van der Waals surface area (Å²) in [7, 11) is 0. The molecule has 2 saturated carbocycles. The van der Waals surface area contributed by atoms with Crippen LogP contribution in [0.3, 0.4) is 0 Å². The number of ether oxygens (including phenoxy) is 2. The van der Waals surface area contributed by atoms with Gasteiger partial charge in [0.2, 0.25) is 0 Å². The maximum atomic E-state index is 13.3. The van der Waals surface area contributed by atoms with Crippen LogP contribution in [0.2, 0.25) is 0 Å². The standard InChI is InChI=1S/C33H33F3N4O5S/c1-15(2)43-25-10-18(31(41)42)11-26-29(25)37-32(46-26)40-22-12-19-13-23(40)27(22)16(3)39(19)14-21-28(38-45-30(21)17-8-9-17)20-6-4-5-7-24(20)44-33(34,35)36/h4-7,10-11,15-17,19,22-23,27H,8-9,12-14H2,1-3H3,(H,41,42). The number of carboxylic acids is 1. The first-order chi connectivity index (χ1) is 22.0. The average Bonchev–Trinajstić information content (AvgIpc) is 3.61. The number of thiazole rings is 1. The number of aromatic carboxylic acids is 1. The Balaban J connectivity index is 1.07. The van der Waals surface area contributed by atoms with E-state index >= 15 is 0 Å². The van der Waals surface area contributed by atoms with Crippen molar-refractivity contribution in [1.82, 2.24) is 15.0 Å². The molecule has 4 aliphatic heterocycles. The van der Waals surface area contributed by atoms with Gasteiger partial charge < -0.3 is 24.0 Å². The fraction of sp³-hybridized carbons (Fsp3) is 0.485. The van der Waals surface area contributed by atoms with Gasteiger partial charge in [0.1, 0.15) is 28.5 Å². The fourth-order valence-corrected chi connectivity index (χ4v) is 9.11. The first kappa shape index (κ1) is 29.6. The quantitative estimate of drug-likeness (QED) is 0.197. The molecule has 4 saturated heterocycles. The maximum absolute atomic E-state index is 13.3. The van der Waals surface area contributed by atoms with Crippen LogP contribution in [0.1, 0.15) is 74.1 Å². The van der Waals surface area contributed by atoms with E-state index in [1.165, 1.54) is 23.5 Å². The number of alkyl halides is 3. The van der Waals surface area contributed by atoms with Crippen molar-refractivity contribution in [3.05, 3.63) is 53.3 Å². The van der Waals surface area contributed by atoms with Crippen LogP contribution >= 0.6 is 11.3 Å². The molecule has 10 rings (SSSR count). The molecule has 6 fully saturated rings. The van der Waals surface area contributed by atoms with E-state index in [4.69, 9.17) is 14.2 Å². The predicted molar refractivity (Wildman–Crippen MR) is 165 cm³/mol. The molecule has 3 atom stereocenters. The zero-order chi connectivity index (χ0) is 32.1. The third-order valence-corrected chi connectivity index (χ3v) is 10.9. The number of halogens is 3. The minimum atomic E-state index is -4.82. The van der Waals surface area contributed by atoms with Gasteiger partial charge in [0.15, 0.2) is 5.13 Å². The lowest BCUT2D eigenvalue weighted by atomic mass is 9.61. The molecule has 2 aromatic carbocycles. The number of benzene rings is 2. The third kappa shape index (κ3) is 4.90. The minimum Gasteiger partial charge on any atom is -0.489 e. The summed E-state index contributed by atoms with van der Waals surface area (Å²) in [6.07, 6.45) is -1.13. The molecule has 13 heteroatoms. The Morgan fingerprint density at radius 1 is 1.15 bits per heavy atom. The molecule has 1 N–H and O–H groups in total. The summed E-state index contributed by atoms with van der Waals surface area (Å²) in [5.74, 6) is 0.592. The highest BCUT2D eigenvalue weighted by molar-refractivity contribution is 7.22. The van der Waals surface area contributed by atoms with E-state index in [0.717, 1.165) is 46.8 Å². The molecular formula is C33H33F3N4O5S. The number of carbonyl (C=O) groups is 1. The van der Waals surface area contributed by atoms with Crippen molar-refractivity contribution >= 4 is 32.7 Å². The van der Waals surface area contributed by atoms with Gasteiger partial charge in [0.25, 0.3) is 0 Å². The zero-order valence-corrected chi connectivity index (χ0v) is 26.3. The normalized spacial score (nSPS) is 25.7. The van der Waals surface area contributed by atoms with Crippen LogP contribution in [0.25, 0.3) is 21.5 Å². The van der Waals surface area contributed by atoms with Crippen molar-refractivity contribution in [2.45, 2.75) is 95.6 Å². The van der Waals surface area contributed by atoms with Gasteiger partial charge in [-0.2, -0.15) is 0 Å². The van der Waals surface area contributed by atoms with Crippen molar-refractivity contribution in [3.8, 4) is 22.8 Å². The van der Waals surface area contributed by atoms with Crippen molar-refractivity contribution in [2.75, 3.05) is 4.90 Å². The zero-order valence-electron chi connectivity index (χ0n) is 25.5. The Morgan fingerprint density at radius 3 is 2.54 bits per heavy atom. The highest BCUT2D eigenvalue weighted by Gasteiger charge is 2.62. The number of rotatable bonds is 9. The summed E-state index contributed by atoms with van der Waals surface area (Å²) in [5.41, 5.74) is 2.40. The number of carboxylic acid groups (broad SMARTS) is 1. The molecule has 0 radical (unpaired) electrons. The molecule has 46 heavy (non-hydrogen) atoms. The van der Waals surface area contributed by atoms with Crippen molar-refractivity contribution in [1.29, 1.82) is 0 Å². The fourth-order valence-electron chi connectivity index (χ4n) is 7.97. The molecule has 4 aromatic rings. The number of hydrogen-bond donors (Lipinski definition) is 1. The van der Waals surface area contributed by atoms with Gasteiger partial charge >= 0.3 is 12.3 Å². The third-order valence-electron chi connectivity index (χ3n) is 9.93. The maximum Gasteiger partial charge on any atom is 0.573 e. The van der Waals surface area contributed by atoms with E-state index in [1.807, 2.05) is 13.8 Å². The monoisotopic (exact) mass is 654 g/mol. The highest BCUT2D eigenvalue weighted by Crippen LogP contribution is 2.56. The van der Waals surface area contributed by atoms with Gasteiger partial charge in [0.05, 0.1) is 16.4 Å². The number of fused-ring (bicyclic) bond motifs is 2. The SMILES string of the molecule is CC(C)Oc1cc(C(=O)O)cc2sc(N3C4CC5CC3C4C(C)N5Cc3c(-c4ccccc4OC(F)(F)F)noc3C3CC3)nc12. The number of aromatic nitrogens is 2. The number of para-hydroxylation sites is 1. The van der Waals surface area contributed by atoms with E-state index in [-0.39, 0.29) is 41.0 Å². The molecule has 2 aliphatic carbocycles. The van der Waals surface area contributed by atoms with E-state index in [0.29, 0.717) is 41.5 Å². The van der Waals surface area contributed by atoms with Crippen LogP contribution < -0.4 is 14.4 Å². The smallest absolute Gasteiger partial charge is 0.489 e. The van der Waals surface area contributed by atoms with Gasteiger partial charge in [-0.15, -0.1) is 13.2 Å². The summed E-state index contributed by atoms with van der Waals surface area (Å²) in [4.78, 5) is 21.7. The van der Waals surface area contributed by atoms with Crippen LogP contribution in [0.5, 0.6) is 11.5 Å². The second-order valence-electron chi connectivity index (χ2n) is 13.1. The second kappa shape index (κ2) is 10.6. The lowest BCUT2D eigenvalue weighted by Crippen LogP contribution is -2.79. The van der Waals surface area contributed by atoms with E-state index in [9.17, 15) is 23.1 Å². The van der Waals surface area contributed by atoms with E-state index in [1.54, 1.807) is 24.3 Å². The summed E-state index contributed by atoms with van der Waals surface area (Å²) in [6, 6.07) is 10.5. The van der Waals surface area contributed by atoms with Crippen LogP contribution in [0.15, 0.2) is 40.9 Å². The second-order valence-corrected chi connectivity index (χ2v) is 14.1. The lowest BCUT2D eigenvalue weighted by molar-refractivity contribution is -0.274. The van der Waals surface area contributed by atoms with Gasteiger partial charge in [-0.1, -0.05) is 28.6 Å². The van der Waals surface area contributed by atoms with Crippen molar-refractivity contribution < 1.29 is 37.1 Å². The van der Waals surface area contributed by atoms with Crippen LogP contribution in [-0.2, 0) is 6.54 Å². The Morgan fingerprint density at radius 2 is 1.89 bits per heavy atom. The number of piperidine rings is 3. The number of nitrogens with zero attached hydrogens (tertiary/aromatic N) is 4. The van der Waals surface area contributed by atoms with Crippen molar-refractivity contribution in [3.63, 3.8) is 0 Å². The van der Waals surface area contributed by atoms with Gasteiger partial charge in [-0.05, 0) is 70.7 Å². The minimum absolute atomic E-state index is 0.125. The Labute approximate surface area is 266 Å². The first-order valence-corrected chi connectivity index (χ1v) is 16.5. The predicted octanol–water partition coefficient (Wildman–Crippen LogP) is 7.45. The Kier molecular flexibility index (Phi) is 6.81. The largest absolute Gasteiger partial charge is 0.573 e. The lowest BCUT2D eigenvalue weighted by Gasteiger charge is -2.69. The summed E-state index contributed by atoms with van der Waals surface area (Å²) in [6.45, 7) is 6.59. The molecule has 9 nitrogen and oxygen atoms in total. The molecule has 6 aliphatic rings. The summed E-state index contributed by atoms with van der Waals surface area (Å²) in [5, 5.41) is 14.9. The van der Waals surface area contributed by atoms with Crippen LogP contribution in [-0.4, -0.2) is 62.8 Å².